The number of nitrogens with one attached hydrogen (secondary N) is 1. The van der Waals surface area contributed by atoms with Gasteiger partial charge in [0.05, 0.1) is 25.9 Å². The smallest absolute Gasteiger partial charge is 0.0933 e. The van der Waals surface area contributed by atoms with Crippen molar-refractivity contribution in [3.8, 4) is 0 Å². The minimum absolute atomic E-state index is 0.203. The molecule has 2 rings (SSSR count). The van der Waals surface area contributed by atoms with E-state index >= 15 is 0 Å². The summed E-state index contributed by atoms with van der Waals surface area (Å²) in [5, 5.41) is 3.28. The maximum Gasteiger partial charge on any atom is 0.0933 e. The Hall–Kier alpha value is -1.16. The predicted octanol–water partition coefficient (Wildman–Crippen LogP) is 1.70. The standard InChI is InChI=1S/C14H19NO2/c1-2-5-13(6-3-1)7-4-9-16-12-14-11-15-8-10-17-14/h1-7,14-15H,8-12H2. The van der Waals surface area contributed by atoms with Gasteiger partial charge >= 0.3 is 0 Å². The van der Waals surface area contributed by atoms with Gasteiger partial charge < -0.3 is 14.8 Å². The highest BCUT2D eigenvalue weighted by Crippen LogP contribution is 2.01. The molecule has 0 aliphatic carbocycles. The Kier molecular flexibility index (Phi) is 5.23. The molecule has 92 valence electrons. The topological polar surface area (TPSA) is 30.5 Å². The van der Waals surface area contributed by atoms with E-state index < -0.39 is 0 Å². The number of rotatable bonds is 5. The molecule has 0 radical (unpaired) electrons. The van der Waals surface area contributed by atoms with E-state index in [1.165, 1.54) is 5.56 Å². The summed E-state index contributed by atoms with van der Waals surface area (Å²) in [5.41, 5.74) is 1.20. The first kappa shape index (κ1) is 12.3. The second-order valence-corrected chi connectivity index (χ2v) is 4.05. The SMILES string of the molecule is C(=Cc1ccccc1)COCC1CNCCO1. The van der Waals surface area contributed by atoms with Gasteiger partial charge in [-0.3, -0.25) is 0 Å². The van der Waals surface area contributed by atoms with Gasteiger partial charge in [0.2, 0.25) is 0 Å². The van der Waals surface area contributed by atoms with Crippen molar-refractivity contribution in [3.63, 3.8) is 0 Å². The van der Waals surface area contributed by atoms with Crippen LogP contribution < -0.4 is 5.32 Å². The van der Waals surface area contributed by atoms with Crippen molar-refractivity contribution < 1.29 is 9.47 Å². The zero-order valence-electron chi connectivity index (χ0n) is 9.97. The first-order valence-corrected chi connectivity index (χ1v) is 6.07. The Morgan fingerprint density at radius 2 is 2.24 bits per heavy atom. The molecule has 1 saturated heterocycles. The van der Waals surface area contributed by atoms with Gasteiger partial charge in [0.25, 0.3) is 0 Å². The monoisotopic (exact) mass is 233 g/mol. The number of hydrogen-bond acceptors (Lipinski definition) is 3. The van der Waals surface area contributed by atoms with Gasteiger partial charge in [0.1, 0.15) is 0 Å². The fraction of sp³-hybridized carbons (Fsp3) is 0.429. The molecule has 1 aromatic rings. The van der Waals surface area contributed by atoms with Gasteiger partial charge in [-0.15, -0.1) is 0 Å². The lowest BCUT2D eigenvalue weighted by molar-refractivity contribution is -0.0256. The molecule has 0 amide bonds. The van der Waals surface area contributed by atoms with Gasteiger partial charge in [-0.25, -0.2) is 0 Å². The Balaban J connectivity index is 1.61. The summed E-state index contributed by atoms with van der Waals surface area (Å²) < 4.78 is 11.1. The van der Waals surface area contributed by atoms with Gasteiger partial charge in [-0.2, -0.15) is 0 Å². The molecule has 1 fully saturated rings. The third kappa shape index (κ3) is 4.69. The first-order chi connectivity index (χ1) is 8.45. The lowest BCUT2D eigenvalue weighted by atomic mass is 10.2. The normalized spacial score (nSPS) is 20.8. The minimum Gasteiger partial charge on any atom is -0.375 e. The highest BCUT2D eigenvalue weighted by Gasteiger charge is 2.12. The van der Waals surface area contributed by atoms with E-state index in [4.69, 9.17) is 9.47 Å². The first-order valence-electron chi connectivity index (χ1n) is 6.07. The summed E-state index contributed by atoms with van der Waals surface area (Å²) in [7, 11) is 0. The highest BCUT2D eigenvalue weighted by atomic mass is 16.5. The van der Waals surface area contributed by atoms with Crippen molar-refractivity contribution in [2.24, 2.45) is 0 Å². The molecule has 1 aliphatic heterocycles. The molecule has 0 saturated carbocycles. The second kappa shape index (κ2) is 7.22. The lowest BCUT2D eigenvalue weighted by Gasteiger charge is -2.23. The molecule has 3 nitrogen and oxygen atoms in total. The van der Waals surface area contributed by atoms with Crippen LogP contribution in [-0.2, 0) is 9.47 Å². The van der Waals surface area contributed by atoms with Gasteiger partial charge in [-0.1, -0.05) is 42.5 Å². The highest BCUT2D eigenvalue weighted by molar-refractivity contribution is 5.48. The average molecular weight is 233 g/mol. The summed E-state index contributed by atoms with van der Waals surface area (Å²) in [6.07, 6.45) is 4.31. The molecule has 0 spiro atoms. The zero-order valence-corrected chi connectivity index (χ0v) is 9.97. The van der Waals surface area contributed by atoms with Crippen LogP contribution >= 0.6 is 0 Å². The van der Waals surface area contributed by atoms with Crippen LogP contribution in [-0.4, -0.2) is 39.0 Å². The lowest BCUT2D eigenvalue weighted by Crippen LogP contribution is -2.41. The van der Waals surface area contributed by atoms with Crippen LogP contribution in [0.2, 0.25) is 0 Å². The van der Waals surface area contributed by atoms with Crippen molar-refractivity contribution in [2.75, 3.05) is 32.9 Å². The molecule has 0 bridgehead atoms. The fourth-order valence-corrected chi connectivity index (χ4v) is 1.74. The van der Waals surface area contributed by atoms with Crippen molar-refractivity contribution in [2.45, 2.75) is 6.10 Å². The quantitative estimate of drug-likeness (QED) is 0.785. The molecular formula is C14H19NO2. The van der Waals surface area contributed by atoms with Crippen molar-refractivity contribution in [3.05, 3.63) is 42.0 Å². The largest absolute Gasteiger partial charge is 0.375 e. The Labute approximate surface area is 102 Å². The van der Waals surface area contributed by atoms with Crippen molar-refractivity contribution in [1.82, 2.24) is 5.32 Å². The van der Waals surface area contributed by atoms with Crippen LogP contribution in [0.3, 0.4) is 0 Å². The molecule has 1 heterocycles. The molecule has 1 atom stereocenters. The molecular weight excluding hydrogens is 214 g/mol. The maximum atomic E-state index is 5.54. The molecule has 1 unspecified atom stereocenters. The number of morpholine rings is 1. The van der Waals surface area contributed by atoms with Crippen LogP contribution in [0, 0.1) is 0 Å². The van der Waals surface area contributed by atoms with E-state index in [1.54, 1.807) is 0 Å². The van der Waals surface area contributed by atoms with Crippen molar-refractivity contribution >= 4 is 6.08 Å². The van der Waals surface area contributed by atoms with Crippen LogP contribution in [0.4, 0.5) is 0 Å². The molecule has 1 aliphatic rings. The predicted molar refractivity (Wildman–Crippen MR) is 68.9 cm³/mol. The van der Waals surface area contributed by atoms with E-state index in [2.05, 4.69) is 23.5 Å². The van der Waals surface area contributed by atoms with E-state index in [0.717, 1.165) is 19.7 Å². The number of benzene rings is 1. The van der Waals surface area contributed by atoms with Gasteiger partial charge in [0, 0.05) is 13.1 Å². The maximum absolute atomic E-state index is 5.54. The average Bonchev–Trinajstić information content (AvgIpc) is 2.41. The number of ether oxygens (including phenoxy) is 2. The summed E-state index contributed by atoms with van der Waals surface area (Å²) in [6.45, 7) is 3.92. The summed E-state index contributed by atoms with van der Waals surface area (Å²) in [6, 6.07) is 10.2. The van der Waals surface area contributed by atoms with Crippen LogP contribution in [0.1, 0.15) is 5.56 Å². The second-order valence-electron chi connectivity index (χ2n) is 4.05. The zero-order chi connectivity index (χ0) is 11.8. The Morgan fingerprint density at radius 3 is 3.00 bits per heavy atom. The van der Waals surface area contributed by atoms with Gasteiger partial charge in [-0.05, 0) is 5.56 Å². The molecule has 0 aromatic heterocycles. The summed E-state index contributed by atoms with van der Waals surface area (Å²) in [5.74, 6) is 0. The number of hydrogen-bond donors (Lipinski definition) is 1. The van der Waals surface area contributed by atoms with Gasteiger partial charge in [0.15, 0.2) is 0 Å². The van der Waals surface area contributed by atoms with Crippen LogP contribution in [0.5, 0.6) is 0 Å². The molecule has 1 aromatic carbocycles. The van der Waals surface area contributed by atoms with E-state index in [1.807, 2.05) is 24.3 Å². The minimum atomic E-state index is 0.203. The van der Waals surface area contributed by atoms with Crippen molar-refractivity contribution in [1.29, 1.82) is 0 Å². The molecule has 17 heavy (non-hydrogen) atoms. The van der Waals surface area contributed by atoms with Crippen LogP contribution in [0.15, 0.2) is 36.4 Å². The summed E-state index contributed by atoms with van der Waals surface area (Å²) >= 11 is 0. The van der Waals surface area contributed by atoms with E-state index in [0.29, 0.717) is 13.2 Å². The molecule has 1 N–H and O–H groups in total. The van der Waals surface area contributed by atoms with Crippen LogP contribution in [0.25, 0.3) is 6.08 Å². The third-order valence-electron chi connectivity index (χ3n) is 2.63. The summed E-state index contributed by atoms with van der Waals surface area (Å²) in [4.78, 5) is 0. The van der Waals surface area contributed by atoms with E-state index in [-0.39, 0.29) is 6.10 Å². The Morgan fingerprint density at radius 1 is 1.35 bits per heavy atom. The Bertz CT molecular complexity index is 331. The van der Waals surface area contributed by atoms with E-state index in [9.17, 15) is 0 Å². The third-order valence-corrected chi connectivity index (χ3v) is 2.63. The fourth-order valence-electron chi connectivity index (χ4n) is 1.74. The molecule has 3 heteroatoms.